The first-order valence-electron chi connectivity index (χ1n) is 12.7. The van der Waals surface area contributed by atoms with E-state index in [0.29, 0.717) is 36.1 Å². The highest BCUT2D eigenvalue weighted by molar-refractivity contribution is 5.76. The summed E-state index contributed by atoms with van der Waals surface area (Å²) < 4.78 is 17.1. The maximum Gasteiger partial charge on any atom is 0.412 e. The van der Waals surface area contributed by atoms with Crippen LogP contribution in [0.2, 0.25) is 0 Å². The second-order valence-electron chi connectivity index (χ2n) is 8.72. The molecule has 1 amide bonds. The number of benzene rings is 2. The van der Waals surface area contributed by atoms with E-state index >= 15 is 0 Å². The summed E-state index contributed by atoms with van der Waals surface area (Å²) >= 11 is 0. The molecule has 0 spiro atoms. The number of pyridine rings is 1. The molecule has 0 fully saturated rings. The Morgan fingerprint density at radius 1 is 0.946 bits per heavy atom. The standard InChI is InChI=1S/C29H32N4O4/c1-2-3-4-5-6-10-15-31-29(34)37-25-13-14-27(35-20-22-11-8-7-9-12-22)26(17-25)23-16-24(19-30-18-23)28-33-32-21-36-28/h7-9,11-14,16-19,21H,2-6,10,15,20H2,1H3,(H,31,34). The van der Waals surface area contributed by atoms with Crippen LogP contribution in [0.25, 0.3) is 22.6 Å². The molecule has 2 aromatic heterocycles. The van der Waals surface area contributed by atoms with Gasteiger partial charge in [0.25, 0.3) is 0 Å². The molecule has 0 aliphatic rings. The third kappa shape index (κ3) is 7.90. The SMILES string of the molecule is CCCCCCCCNC(=O)Oc1ccc(OCc2ccccc2)c(-c2cncc(-c3nnco3)c2)c1. The number of nitrogens with zero attached hydrogens (tertiary/aromatic N) is 3. The first-order chi connectivity index (χ1) is 18.2. The van der Waals surface area contributed by atoms with Gasteiger partial charge in [0, 0.05) is 30.1 Å². The van der Waals surface area contributed by atoms with Crippen LogP contribution in [0, 0.1) is 0 Å². The van der Waals surface area contributed by atoms with E-state index in [0.717, 1.165) is 29.5 Å². The van der Waals surface area contributed by atoms with Gasteiger partial charge in [-0.3, -0.25) is 4.98 Å². The molecule has 0 saturated heterocycles. The van der Waals surface area contributed by atoms with Gasteiger partial charge >= 0.3 is 6.09 Å². The van der Waals surface area contributed by atoms with Crippen molar-refractivity contribution in [3.05, 3.63) is 78.9 Å². The van der Waals surface area contributed by atoms with Crippen molar-refractivity contribution in [1.82, 2.24) is 20.5 Å². The van der Waals surface area contributed by atoms with E-state index in [1.54, 1.807) is 30.6 Å². The number of amides is 1. The number of nitrogens with one attached hydrogen (secondary N) is 1. The van der Waals surface area contributed by atoms with Crippen molar-refractivity contribution in [2.45, 2.75) is 52.1 Å². The molecule has 8 heteroatoms. The molecule has 4 rings (SSSR count). The van der Waals surface area contributed by atoms with E-state index in [1.807, 2.05) is 36.4 Å². The zero-order valence-corrected chi connectivity index (χ0v) is 21.1. The maximum atomic E-state index is 12.4. The molecule has 2 aromatic carbocycles. The quantitative estimate of drug-likeness (QED) is 0.201. The van der Waals surface area contributed by atoms with Crippen LogP contribution in [-0.2, 0) is 6.61 Å². The van der Waals surface area contributed by atoms with Crippen LogP contribution in [0.3, 0.4) is 0 Å². The van der Waals surface area contributed by atoms with Crippen LogP contribution >= 0.6 is 0 Å². The van der Waals surface area contributed by atoms with Crippen LogP contribution in [-0.4, -0.2) is 27.8 Å². The second-order valence-corrected chi connectivity index (χ2v) is 8.72. The second kappa shape index (κ2) is 13.8. The lowest BCUT2D eigenvalue weighted by Crippen LogP contribution is -2.27. The van der Waals surface area contributed by atoms with Gasteiger partial charge in [-0.2, -0.15) is 0 Å². The topological polar surface area (TPSA) is 99.4 Å². The average Bonchev–Trinajstić information content (AvgIpc) is 3.48. The monoisotopic (exact) mass is 500 g/mol. The van der Waals surface area contributed by atoms with E-state index in [2.05, 4.69) is 27.4 Å². The first kappa shape index (κ1) is 25.9. The summed E-state index contributed by atoms with van der Waals surface area (Å²) in [4.78, 5) is 16.7. The Balaban J connectivity index is 1.47. The molecule has 0 bridgehead atoms. The van der Waals surface area contributed by atoms with Gasteiger partial charge in [-0.05, 0) is 36.2 Å². The van der Waals surface area contributed by atoms with Gasteiger partial charge in [0.2, 0.25) is 12.3 Å². The van der Waals surface area contributed by atoms with Crippen LogP contribution < -0.4 is 14.8 Å². The predicted molar refractivity (Wildman–Crippen MR) is 141 cm³/mol. The third-order valence-electron chi connectivity index (χ3n) is 5.85. The molecular formula is C29H32N4O4. The molecular weight excluding hydrogens is 468 g/mol. The lowest BCUT2D eigenvalue weighted by Gasteiger charge is -2.14. The highest BCUT2D eigenvalue weighted by Gasteiger charge is 2.14. The lowest BCUT2D eigenvalue weighted by atomic mass is 10.0. The number of hydrogen-bond donors (Lipinski definition) is 1. The normalized spacial score (nSPS) is 10.7. The van der Waals surface area contributed by atoms with Crippen molar-refractivity contribution in [3.63, 3.8) is 0 Å². The Bertz CT molecular complexity index is 1250. The average molecular weight is 501 g/mol. The first-order valence-corrected chi connectivity index (χ1v) is 12.7. The van der Waals surface area contributed by atoms with E-state index in [-0.39, 0.29) is 0 Å². The minimum Gasteiger partial charge on any atom is -0.488 e. The van der Waals surface area contributed by atoms with Gasteiger partial charge in [-0.15, -0.1) is 10.2 Å². The molecule has 8 nitrogen and oxygen atoms in total. The fraction of sp³-hybridized carbons (Fsp3) is 0.310. The summed E-state index contributed by atoms with van der Waals surface area (Å²) in [6.45, 7) is 3.18. The Morgan fingerprint density at radius 2 is 1.76 bits per heavy atom. The number of carbonyl (C=O) groups excluding carboxylic acids is 1. The zero-order chi connectivity index (χ0) is 25.7. The minimum atomic E-state index is -0.477. The van der Waals surface area contributed by atoms with Crippen molar-refractivity contribution in [1.29, 1.82) is 0 Å². The van der Waals surface area contributed by atoms with Crippen molar-refractivity contribution in [2.75, 3.05) is 6.54 Å². The van der Waals surface area contributed by atoms with Crippen molar-refractivity contribution < 1.29 is 18.7 Å². The summed E-state index contributed by atoms with van der Waals surface area (Å²) in [5.74, 6) is 1.40. The van der Waals surface area contributed by atoms with Gasteiger partial charge in [0.15, 0.2) is 0 Å². The zero-order valence-electron chi connectivity index (χ0n) is 21.1. The Labute approximate surface area is 217 Å². The summed E-state index contributed by atoms with van der Waals surface area (Å²) in [6.07, 6.45) is 11.1. The summed E-state index contributed by atoms with van der Waals surface area (Å²) in [5, 5.41) is 10.5. The van der Waals surface area contributed by atoms with Crippen LogP contribution in [0.5, 0.6) is 11.5 Å². The molecule has 2 heterocycles. The largest absolute Gasteiger partial charge is 0.488 e. The molecule has 192 valence electrons. The predicted octanol–water partition coefficient (Wildman–Crippen LogP) is 6.83. The van der Waals surface area contributed by atoms with Crippen LogP contribution in [0.4, 0.5) is 4.79 Å². The highest BCUT2D eigenvalue weighted by atomic mass is 16.6. The van der Waals surface area contributed by atoms with E-state index in [9.17, 15) is 4.79 Å². The molecule has 0 saturated carbocycles. The van der Waals surface area contributed by atoms with Gasteiger partial charge in [0.1, 0.15) is 18.1 Å². The van der Waals surface area contributed by atoms with Gasteiger partial charge < -0.3 is 19.2 Å². The third-order valence-corrected chi connectivity index (χ3v) is 5.85. The minimum absolute atomic E-state index is 0.364. The van der Waals surface area contributed by atoms with E-state index < -0.39 is 6.09 Å². The molecule has 0 atom stereocenters. The van der Waals surface area contributed by atoms with Gasteiger partial charge in [-0.25, -0.2) is 4.79 Å². The molecule has 0 radical (unpaired) electrons. The molecule has 0 aliphatic carbocycles. The Hall–Kier alpha value is -4.20. The number of unbranched alkanes of at least 4 members (excludes halogenated alkanes) is 5. The summed E-state index contributed by atoms with van der Waals surface area (Å²) in [6, 6.07) is 17.1. The number of rotatable bonds is 13. The van der Waals surface area contributed by atoms with Crippen molar-refractivity contribution in [2.24, 2.45) is 0 Å². The number of ether oxygens (including phenoxy) is 2. The van der Waals surface area contributed by atoms with Crippen LogP contribution in [0.1, 0.15) is 51.0 Å². The molecule has 0 unspecified atom stereocenters. The number of carbonyl (C=O) groups is 1. The van der Waals surface area contributed by atoms with Crippen LogP contribution in [0.15, 0.2) is 77.8 Å². The lowest BCUT2D eigenvalue weighted by molar-refractivity contribution is 0.200. The van der Waals surface area contributed by atoms with E-state index in [4.69, 9.17) is 13.9 Å². The summed E-state index contributed by atoms with van der Waals surface area (Å²) in [7, 11) is 0. The smallest absolute Gasteiger partial charge is 0.412 e. The fourth-order valence-corrected chi connectivity index (χ4v) is 3.90. The summed E-state index contributed by atoms with van der Waals surface area (Å²) in [5.41, 5.74) is 3.20. The number of hydrogen-bond acceptors (Lipinski definition) is 7. The molecule has 37 heavy (non-hydrogen) atoms. The van der Waals surface area contributed by atoms with E-state index in [1.165, 1.54) is 32.1 Å². The van der Waals surface area contributed by atoms with Gasteiger partial charge in [0.05, 0.1) is 5.56 Å². The molecule has 1 N–H and O–H groups in total. The van der Waals surface area contributed by atoms with Crippen molar-refractivity contribution >= 4 is 6.09 Å². The van der Waals surface area contributed by atoms with Crippen molar-refractivity contribution in [3.8, 4) is 34.1 Å². The Kier molecular flexibility index (Phi) is 9.63. The fourth-order valence-electron chi connectivity index (χ4n) is 3.90. The molecule has 4 aromatic rings. The highest BCUT2D eigenvalue weighted by Crippen LogP contribution is 2.35. The maximum absolute atomic E-state index is 12.4. The van der Waals surface area contributed by atoms with Gasteiger partial charge in [-0.1, -0.05) is 69.4 Å². The Morgan fingerprint density at radius 3 is 2.57 bits per heavy atom. The number of aromatic nitrogens is 3. The molecule has 0 aliphatic heterocycles.